The maximum atomic E-state index is 12.9. The summed E-state index contributed by atoms with van der Waals surface area (Å²) in [4.78, 5) is 32.4. The maximum Gasteiger partial charge on any atom is 0.332 e. The quantitative estimate of drug-likeness (QED) is 0.370. The molecule has 0 aliphatic carbocycles. The lowest BCUT2D eigenvalue weighted by Crippen LogP contribution is -2.42. The Morgan fingerprint density at radius 3 is 2.66 bits per heavy atom. The summed E-state index contributed by atoms with van der Waals surface area (Å²) in [5, 5.41) is 0.0500. The van der Waals surface area contributed by atoms with Gasteiger partial charge in [0.2, 0.25) is 5.28 Å². The molecule has 0 aliphatic rings. The number of fused-ring (bicyclic) bond motifs is 1. The average molecular weight is 440 g/mol. The van der Waals surface area contributed by atoms with E-state index < -0.39 is 22.5 Å². The predicted octanol–water partition coefficient (Wildman–Crippen LogP) is 1.98. The lowest BCUT2D eigenvalue weighted by Gasteiger charge is -2.11. The number of rotatable bonds is 10. The molecule has 3 aromatic rings. The van der Waals surface area contributed by atoms with Gasteiger partial charge in [0.25, 0.3) is 16.8 Å². The first kappa shape index (κ1) is 21.3. The standard InChI is InChI=1S/C18H22ClN5O4S/c1-2-3-7-11-23-15-14(21-17(19)22-15)16(25)24(18(23)26)12-10-20-29(27)28-13-8-5-4-6-9-13/h4-6,8-9,20H,2-3,7,10-12H2,1H3,(H,21,22). The Labute approximate surface area is 174 Å². The second-order valence-corrected chi connectivity index (χ2v) is 7.63. The van der Waals surface area contributed by atoms with E-state index >= 15 is 0 Å². The number of aryl methyl sites for hydroxylation is 1. The number of unbranched alkanes of at least 4 members (excludes halogenated alkanes) is 2. The van der Waals surface area contributed by atoms with Crippen molar-refractivity contribution in [2.24, 2.45) is 0 Å². The molecule has 0 saturated carbocycles. The lowest BCUT2D eigenvalue weighted by molar-refractivity contribution is 0.521. The highest BCUT2D eigenvalue weighted by atomic mass is 35.5. The van der Waals surface area contributed by atoms with Gasteiger partial charge in [-0.2, -0.15) is 9.19 Å². The van der Waals surface area contributed by atoms with Crippen LogP contribution >= 0.6 is 11.6 Å². The fourth-order valence-corrected chi connectivity index (χ4v) is 3.67. The zero-order chi connectivity index (χ0) is 20.8. The van der Waals surface area contributed by atoms with Crippen molar-refractivity contribution in [3.05, 3.63) is 56.5 Å². The SMILES string of the molecule is CCCCCn1c(=O)n(CCNS(=O)Oc2ccccc2)c(=O)c2[nH]c(Cl)nc21. The Morgan fingerprint density at radius 2 is 1.93 bits per heavy atom. The first-order valence-corrected chi connectivity index (χ1v) is 10.7. The highest BCUT2D eigenvalue weighted by Gasteiger charge is 2.17. The maximum absolute atomic E-state index is 12.9. The molecular formula is C18H22ClN5O4S. The van der Waals surface area contributed by atoms with Crippen LogP contribution in [0.15, 0.2) is 39.9 Å². The molecular weight excluding hydrogens is 418 g/mol. The zero-order valence-electron chi connectivity index (χ0n) is 15.9. The van der Waals surface area contributed by atoms with Gasteiger partial charge in [-0.1, -0.05) is 38.0 Å². The Bertz CT molecular complexity index is 1110. The normalized spacial score (nSPS) is 12.3. The molecule has 0 radical (unpaired) electrons. The van der Waals surface area contributed by atoms with Gasteiger partial charge in [0, 0.05) is 19.6 Å². The van der Waals surface area contributed by atoms with E-state index in [4.69, 9.17) is 15.8 Å². The summed E-state index contributed by atoms with van der Waals surface area (Å²) in [7, 11) is 0. The molecule has 29 heavy (non-hydrogen) atoms. The minimum atomic E-state index is -1.81. The highest BCUT2D eigenvalue weighted by Crippen LogP contribution is 2.11. The number of imidazole rings is 1. The number of halogens is 1. The molecule has 2 aromatic heterocycles. The molecule has 9 nitrogen and oxygen atoms in total. The van der Waals surface area contributed by atoms with Crippen molar-refractivity contribution >= 4 is 34.0 Å². The topological polar surface area (TPSA) is 111 Å². The van der Waals surface area contributed by atoms with Gasteiger partial charge in [0.15, 0.2) is 11.2 Å². The van der Waals surface area contributed by atoms with Crippen molar-refractivity contribution in [3.63, 3.8) is 0 Å². The second-order valence-electron chi connectivity index (χ2n) is 6.35. The van der Waals surface area contributed by atoms with Gasteiger partial charge in [-0.3, -0.25) is 13.9 Å². The largest absolute Gasteiger partial charge is 0.389 e. The van der Waals surface area contributed by atoms with E-state index in [0.29, 0.717) is 12.3 Å². The van der Waals surface area contributed by atoms with Crippen LogP contribution in [0.3, 0.4) is 0 Å². The van der Waals surface area contributed by atoms with Crippen LogP contribution in [0.5, 0.6) is 5.75 Å². The molecule has 0 saturated heterocycles. The first-order chi connectivity index (χ1) is 14.0. The summed E-state index contributed by atoms with van der Waals surface area (Å²) in [6.45, 7) is 2.61. The molecule has 1 atom stereocenters. The lowest BCUT2D eigenvalue weighted by atomic mass is 10.2. The van der Waals surface area contributed by atoms with Crippen LogP contribution in [0.1, 0.15) is 26.2 Å². The Kier molecular flexibility index (Phi) is 7.24. The van der Waals surface area contributed by atoms with Gasteiger partial charge in [-0.25, -0.2) is 9.52 Å². The number of hydrogen-bond donors (Lipinski definition) is 2. The number of aromatic nitrogens is 4. The van der Waals surface area contributed by atoms with Crippen molar-refractivity contribution in [1.82, 2.24) is 23.8 Å². The zero-order valence-corrected chi connectivity index (χ0v) is 17.5. The molecule has 1 aromatic carbocycles. The Hall–Kier alpha value is -2.43. The minimum Gasteiger partial charge on any atom is -0.389 e. The average Bonchev–Trinajstić information content (AvgIpc) is 3.09. The van der Waals surface area contributed by atoms with Crippen LogP contribution in [-0.4, -0.2) is 29.9 Å². The van der Waals surface area contributed by atoms with Gasteiger partial charge in [0.1, 0.15) is 5.75 Å². The van der Waals surface area contributed by atoms with E-state index in [0.717, 1.165) is 23.8 Å². The third kappa shape index (κ3) is 5.14. The molecule has 0 amide bonds. The number of aromatic amines is 1. The summed E-state index contributed by atoms with van der Waals surface area (Å²) >= 11 is 4.11. The van der Waals surface area contributed by atoms with Crippen LogP contribution in [0.4, 0.5) is 0 Å². The number of para-hydroxylation sites is 1. The van der Waals surface area contributed by atoms with Crippen LogP contribution in [0, 0.1) is 0 Å². The van der Waals surface area contributed by atoms with Gasteiger partial charge in [-0.15, -0.1) is 0 Å². The van der Waals surface area contributed by atoms with E-state index in [1.54, 1.807) is 24.3 Å². The molecule has 11 heteroatoms. The molecule has 1 unspecified atom stereocenters. The van der Waals surface area contributed by atoms with Crippen LogP contribution < -0.4 is 20.2 Å². The van der Waals surface area contributed by atoms with Crippen molar-refractivity contribution in [3.8, 4) is 5.75 Å². The molecule has 0 bridgehead atoms. The highest BCUT2D eigenvalue weighted by molar-refractivity contribution is 7.78. The summed E-state index contributed by atoms with van der Waals surface area (Å²) in [5.41, 5.74) is -0.569. The van der Waals surface area contributed by atoms with E-state index in [-0.39, 0.29) is 29.5 Å². The molecule has 0 spiro atoms. The Balaban J connectivity index is 1.77. The first-order valence-electron chi connectivity index (χ1n) is 9.28. The number of nitrogens with zero attached hydrogens (tertiary/aromatic N) is 3. The summed E-state index contributed by atoms with van der Waals surface area (Å²) in [5.74, 6) is 0.447. The summed E-state index contributed by atoms with van der Waals surface area (Å²) in [6.07, 6.45) is 2.72. The third-order valence-corrected chi connectivity index (χ3v) is 5.25. The molecule has 2 heterocycles. The smallest absolute Gasteiger partial charge is 0.332 e. The molecule has 0 fully saturated rings. The summed E-state index contributed by atoms with van der Waals surface area (Å²) < 4.78 is 22.4. The molecule has 156 valence electrons. The van der Waals surface area contributed by atoms with Crippen molar-refractivity contribution < 1.29 is 8.39 Å². The van der Waals surface area contributed by atoms with Gasteiger partial charge < -0.3 is 9.17 Å². The van der Waals surface area contributed by atoms with Crippen LogP contribution in [0.25, 0.3) is 11.2 Å². The van der Waals surface area contributed by atoms with Crippen LogP contribution in [-0.2, 0) is 24.4 Å². The van der Waals surface area contributed by atoms with E-state index in [1.807, 2.05) is 6.07 Å². The molecule has 2 N–H and O–H groups in total. The Morgan fingerprint density at radius 1 is 1.17 bits per heavy atom. The second kappa shape index (κ2) is 9.86. The van der Waals surface area contributed by atoms with Crippen LogP contribution in [0.2, 0.25) is 5.28 Å². The number of benzene rings is 1. The van der Waals surface area contributed by atoms with Gasteiger partial charge in [0.05, 0.1) is 0 Å². The fraction of sp³-hybridized carbons (Fsp3) is 0.389. The van der Waals surface area contributed by atoms with E-state index in [9.17, 15) is 13.8 Å². The predicted molar refractivity (Wildman–Crippen MR) is 112 cm³/mol. The molecule has 3 rings (SSSR count). The molecule has 0 aliphatic heterocycles. The fourth-order valence-electron chi connectivity index (χ4n) is 2.89. The minimum absolute atomic E-state index is 0.0158. The number of nitrogens with one attached hydrogen (secondary N) is 2. The number of H-pyrrole nitrogens is 1. The number of hydrogen-bond acceptors (Lipinski definition) is 5. The van der Waals surface area contributed by atoms with Crippen molar-refractivity contribution in [2.45, 2.75) is 39.3 Å². The van der Waals surface area contributed by atoms with E-state index in [1.165, 1.54) is 4.57 Å². The third-order valence-electron chi connectivity index (χ3n) is 4.29. The van der Waals surface area contributed by atoms with E-state index in [2.05, 4.69) is 21.6 Å². The van der Waals surface area contributed by atoms with Crippen molar-refractivity contribution in [1.29, 1.82) is 0 Å². The summed E-state index contributed by atoms with van der Waals surface area (Å²) in [6, 6.07) is 8.69. The van der Waals surface area contributed by atoms with Crippen molar-refractivity contribution in [2.75, 3.05) is 6.54 Å². The van der Waals surface area contributed by atoms with Gasteiger partial charge >= 0.3 is 5.69 Å². The van der Waals surface area contributed by atoms with Gasteiger partial charge in [-0.05, 0) is 30.2 Å². The monoisotopic (exact) mass is 439 g/mol.